The number of likely N-dealkylation sites (N-methyl/N-ethyl adjacent to an activating group) is 1. The van der Waals surface area contributed by atoms with Crippen molar-refractivity contribution in [3.63, 3.8) is 0 Å². The first-order valence-corrected chi connectivity index (χ1v) is 5.57. The van der Waals surface area contributed by atoms with E-state index in [-0.39, 0.29) is 12.0 Å². The number of carbonyl (C=O) groups is 1. The van der Waals surface area contributed by atoms with Crippen LogP contribution in [0.2, 0.25) is 0 Å². The van der Waals surface area contributed by atoms with Gasteiger partial charge in [0, 0.05) is 4.43 Å². The molecule has 3 nitrogen and oxygen atoms in total. The van der Waals surface area contributed by atoms with Crippen molar-refractivity contribution < 1.29 is 9.53 Å². The SMILES string of the molecule is COC(=O)[C@@H]1[C@H](CI)CCN1C. The van der Waals surface area contributed by atoms with Gasteiger partial charge in [0.15, 0.2) is 0 Å². The van der Waals surface area contributed by atoms with Crippen LogP contribution in [0, 0.1) is 5.92 Å². The van der Waals surface area contributed by atoms with Gasteiger partial charge in [-0.3, -0.25) is 9.69 Å². The highest BCUT2D eigenvalue weighted by atomic mass is 127. The number of esters is 1. The Morgan fingerprint density at radius 1 is 1.75 bits per heavy atom. The molecule has 1 rings (SSSR count). The quantitative estimate of drug-likeness (QED) is 0.429. The summed E-state index contributed by atoms with van der Waals surface area (Å²) in [6, 6.07) is -0.00750. The monoisotopic (exact) mass is 283 g/mol. The number of methoxy groups -OCH3 is 1. The summed E-state index contributed by atoms with van der Waals surface area (Å²) < 4.78 is 5.78. The van der Waals surface area contributed by atoms with E-state index in [1.54, 1.807) is 0 Å². The third kappa shape index (κ3) is 1.90. The maximum atomic E-state index is 11.3. The number of nitrogens with zero attached hydrogens (tertiary/aromatic N) is 1. The normalized spacial score (nSPS) is 30.6. The van der Waals surface area contributed by atoms with E-state index in [9.17, 15) is 4.79 Å². The highest BCUT2D eigenvalue weighted by Crippen LogP contribution is 2.25. The highest BCUT2D eigenvalue weighted by Gasteiger charge is 2.36. The Morgan fingerprint density at radius 3 is 2.92 bits per heavy atom. The number of ether oxygens (including phenoxy) is 1. The van der Waals surface area contributed by atoms with Gasteiger partial charge in [-0.25, -0.2) is 0 Å². The number of carbonyl (C=O) groups excluding carboxylic acids is 1. The average molecular weight is 283 g/mol. The predicted molar refractivity (Wildman–Crippen MR) is 55.4 cm³/mol. The summed E-state index contributed by atoms with van der Waals surface area (Å²) in [5, 5.41) is 0. The smallest absolute Gasteiger partial charge is 0.323 e. The summed E-state index contributed by atoms with van der Waals surface area (Å²) >= 11 is 2.33. The fourth-order valence-corrected chi connectivity index (χ4v) is 2.60. The molecule has 0 bridgehead atoms. The van der Waals surface area contributed by atoms with Gasteiger partial charge in [0.05, 0.1) is 7.11 Å². The largest absolute Gasteiger partial charge is 0.468 e. The van der Waals surface area contributed by atoms with E-state index in [4.69, 9.17) is 4.74 Å². The van der Waals surface area contributed by atoms with E-state index in [0.717, 1.165) is 17.4 Å². The lowest BCUT2D eigenvalue weighted by Gasteiger charge is -2.20. The molecular formula is C8H14INO2. The van der Waals surface area contributed by atoms with Crippen LogP contribution in [0.5, 0.6) is 0 Å². The summed E-state index contributed by atoms with van der Waals surface area (Å²) in [5.74, 6) is 0.389. The molecule has 0 N–H and O–H groups in total. The van der Waals surface area contributed by atoms with Crippen molar-refractivity contribution in [1.29, 1.82) is 0 Å². The number of halogens is 1. The fraction of sp³-hybridized carbons (Fsp3) is 0.875. The molecular weight excluding hydrogens is 269 g/mol. The van der Waals surface area contributed by atoms with Gasteiger partial charge in [0.2, 0.25) is 0 Å². The van der Waals surface area contributed by atoms with E-state index >= 15 is 0 Å². The van der Waals surface area contributed by atoms with Crippen LogP contribution in [0.3, 0.4) is 0 Å². The Kier molecular flexibility index (Phi) is 3.77. The standard InChI is InChI=1S/C8H14INO2/c1-10-4-3-6(5-9)7(10)8(11)12-2/h6-7H,3-5H2,1-2H3/t6-,7-/m0/s1. The predicted octanol–water partition coefficient (Wildman–Crippen LogP) is 0.915. The average Bonchev–Trinajstić information content (AvgIpc) is 2.45. The molecule has 0 spiro atoms. The molecule has 0 radical (unpaired) electrons. The molecule has 70 valence electrons. The summed E-state index contributed by atoms with van der Waals surface area (Å²) in [6.07, 6.45) is 1.11. The third-order valence-electron chi connectivity index (χ3n) is 2.41. The van der Waals surface area contributed by atoms with Gasteiger partial charge in [-0.15, -0.1) is 0 Å². The van der Waals surface area contributed by atoms with Crippen molar-refractivity contribution >= 4 is 28.6 Å². The van der Waals surface area contributed by atoms with Crippen molar-refractivity contribution in [2.75, 3.05) is 25.1 Å². The zero-order valence-corrected chi connectivity index (χ0v) is 9.58. The van der Waals surface area contributed by atoms with Gasteiger partial charge in [0.1, 0.15) is 6.04 Å². The maximum Gasteiger partial charge on any atom is 0.323 e. The molecule has 0 amide bonds. The Labute approximate surface area is 86.6 Å². The van der Waals surface area contributed by atoms with Crippen molar-refractivity contribution in [2.45, 2.75) is 12.5 Å². The number of hydrogen-bond acceptors (Lipinski definition) is 3. The molecule has 0 saturated carbocycles. The molecule has 0 unspecified atom stereocenters. The van der Waals surface area contributed by atoms with Crippen LogP contribution < -0.4 is 0 Å². The molecule has 1 aliphatic heterocycles. The lowest BCUT2D eigenvalue weighted by atomic mass is 10.0. The van der Waals surface area contributed by atoms with Crippen LogP contribution in [0.15, 0.2) is 0 Å². The lowest BCUT2D eigenvalue weighted by molar-refractivity contribution is -0.146. The minimum Gasteiger partial charge on any atom is -0.468 e. The van der Waals surface area contributed by atoms with Crippen LogP contribution in [-0.4, -0.2) is 42.0 Å². The van der Waals surface area contributed by atoms with Gasteiger partial charge >= 0.3 is 5.97 Å². The first-order valence-electron chi connectivity index (χ1n) is 4.04. The first kappa shape index (κ1) is 10.2. The Balaban J connectivity index is 2.63. The minimum absolute atomic E-state index is 0.00750. The maximum absolute atomic E-state index is 11.3. The van der Waals surface area contributed by atoms with E-state index in [1.807, 2.05) is 7.05 Å². The number of alkyl halides is 1. The van der Waals surface area contributed by atoms with Crippen molar-refractivity contribution in [2.24, 2.45) is 5.92 Å². The first-order chi connectivity index (χ1) is 5.70. The van der Waals surface area contributed by atoms with E-state index in [0.29, 0.717) is 5.92 Å². The summed E-state index contributed by atoms with van der Waals surface area (Å²) in [4.78, 5) is 13.4. The van der Waals surface area contributed by atoms with Gasteiger partial charge in [-0.1, -0.05) is 22.6 Å². The fourth-order valence-electron chi connectivity index (χ4n) is 1.68. The van der Waals surface area contributed by atoms with Gasteiger partial charge in [-0.05, 0) is 25.9 Å². The molecule has 0 aliphatic carbocycles. The molecule has 1 aliphatic rings. The lowest BCUT2D eigenvalue weighted by Crippen LogP contribution is -2.38. The van der Waals surface area contributed by atoms with Crippen LogP contribution in [0.1, 0.15) is 6.42 Å². The Hall–Kier alpha value is 0.160. The van der Waals surface area contributed by atoms with Crippen molar-refractivity contribution in [3.8, 4) is 0 Å². The molecule has 1 saturated heterocycles. The van der Waals surface area contributed by atoms with Gasteiger partial charge in [-0.2, -0.15) is 0 Å². The highest BCUT2D eigenvalue weighted by molar-refractivity contribution is 14.1. The minimum atomic E-state index is -0.0864. The second kappa shape index (κ2) is 4.41. The second-order valence-corrected chi connectivity index (χ2v) is 4.03. The molecule has 4 heteroatoms. The number of hydrogen-bond donors (Lipinski definition) is 0. The molecule has 1 heterocycles. The third-order valence-corrected chi connectivity index (χ3v) is 3.55. The summed E-state index contributed by atoms with van der Waals surface area (Å²) in [7, 11) is 3.44. The summed E-state index contributed by atoms with van der Waals surface area (Å²) in [5.41, 5.74) is 0. The second-order valence-electron chi connectivity index (χ2n) is 3.15. The van der Waals surface area contributed by atoms with Gasteiger partial charge in [0.25, 0.3) is 0 Å². The Morgan fingerprint density at radius 2 is 2.42 bits per heavy atom. The van der Waals surface area contributed by atoms with E-state index in [2.05, 4.69) is 27.5 Å². The van der Waals surface area contributed by atoms with Crippen LogP contribution in [-0.2, 0) is 9.53 Å². The molecule has 1 fully saturated rings. The molecule has 2 atom stereocenters. The summed E-state index contributed by atoms with van der Waals surface area (Å²) in [6.45, 7) is 1.01. The number of rotatable bonds is 2. The Bertz CT molecular complexity index is 174. The molecule has 0 aromatic carbocycles. The topological polar surface area (TPSA) is 29.5 Å². The number of likely N-dealkylation sites (tertiary alicyclic amines) is 1. The van der Waals surface area contributed by atoms with E-state index < -0.39 is 0 Å². The van der Waals surface area contributed by atoms with E-state index in [1.165, 1.54) is 7.11 Å². The molecule has 0 aromatic rings. The van der Waals surface area contributed by atoms with Crippen molar-refractivity contribution in [3.05, 3.63) is 0 Å². The van der Waals surface area contributed by atoms with Gasteiger partial charge < -0.3 is 4.74 Å². The van der Waals surface area contributed by atoms with Crippen LogP contribution in [0.4, 0.5) is 0 Å². The zero-order chi connectivity index (χ0) is 9.14. The van der Waals surface area contributed by atoms with Crippen LogP contribution >= 0.6 is 22.6 Å². The van der Waals surface area contributed by atoms with Crippen LogP contribution in [0.25, 0.3) is 0 Å². The van der Waals surface area contributed by atoms with Crippen molar-refractivity contribution in [1.82, 2.24) is 4.90 Å². The molecule has 0 aromatic heterocycles. The zero-order valence-electron chi connectivity index (χ0n) is 7.42. The molecule has 12 heavy (non-hydrogen) atoms.